The SMILES string of the molecule is Cl.Cl.O=C(Cc1coc(-c2cccs2)n1)NCCN1CCNCC1. The van der Waals surface area contributed by atoms with Gasteiger partial charge in [0.15, 0.2) is 0 Å². The first kappa shape index (κ1) is 20.9. The highest BCUT2D eigenvalue weighted by Gasteiger charge is 2.12. The number of nitrogens with zero attached hydrogens (tertiary/aromatic N) is 2. The molecule has 24 heavy (non-hydrogen) atoms. The second kappa shape index (κ2) is 10.7. The molecule has 3 rings (SSSR count). The van der Waals surface area contributed by atoms with Crippen LogP contribution < -0.4 is 10.6 Å². The third-order valence-electron chi connectivity index (χ3n) is 3.59. The van der Waals surface area contributed by atoms with Crippen molar-refractivity contribution >= 4 is 42.1 Å². The van der Waals surface area contributed by atoms with Crippen molar-refractivity contribution in [2.45, 2.75) is 6.42 Å². The van der Waals surface area contributed by atoms with Crippen LogP contribution in [0.25, 0.3) is 10.8 Å². The lowest BCUT2D eigenvalue weighted by Gasteiger charge is -2.27. The van der Waals surface area contributed by atoms with Crippen molar-refractivity contribution < 1.29 is 9.21 Å². The van der Waals surface area contributed by atoms with Crippen LogP contribution in [0.2, 0.25) is 0 Å². The van der Waals surface area contributed by atoms with Crippen molar-refractivity contribution in [2.24, 2.45) is 0 Å². The van der Waals surface area contributed by atoms with E-state index in [1.165, 1.54) is 0 Å². The Kier molecular flexibility index (Phi) is 9.31. The van der Waals surface area contributed by atoms with Gasteiger partial charge in [0.05, 0.1) is 17.0 Å². The van der Waals surface area contributed by atoms with Crippen LogP contribution in [0.1, 0.15) is 5.69 Å². The minimum absolute atomic E-state index is 0. The number of rotatable bonds is 6. The van der Waals surface area contributed by atoms with E-state index in [1.807, 2.05) is 17.5 Å². The van der Waals surface area contributed by atoms with Gasteiger partial charge < -0.3 is 15.1 Å². The summed E-state index contributed by atoms with van der Waals surface area (Å²) in [6.07, 6.45) is 1.82. The average molecular weight is 393 g/mol. The zero-order valence-electron chi connectivity index (χ0n) is 13.2. The number of carbonyl (C=O) groups is 1. The maximum absolute atomic E-state index is 11.9. The number of halogens is 2. The summed E-state index contributed by atoms with van der Waals surface area (Å²) in [7, 11) is 0. The van der Waals surface area contributed by atoms with E-state index in [-0.39, 0.29) is 37.1 Å². The van der Waals surface area contributed by atoms with E-state index < -0.39 is 0 Å². The van der Waals surface area contributed by atoms with Gasteiger partial charge in [-0.2, -0.15) is 0 Å². The first-order valence-electron chi connectivity index (χ1n) is 7.49. The van der Waals surface area contributed by atoms with Crippen LogP contribution in [0.5, 0.6) is 0 Å². The number of nitrogens with one attached hydrogen (secondary N) is 2. The van der Waals surface area contributed by atoms with Crippen molar-refractivity contribution in [1.82, 2.24) is 20.5 Å². The number of oxazole rings is 1. The zero-order chi connectivity index (χ0) is 15.2. The van der Waals surface area contributed by atoms with Crippen LogP contribution >= 0.6 is 36.2 Å². The molecule has 6 nitrogen and oxygen atoms in total. The normalized spacial score (nSPS) is 14.5. The topological polar surface area (TPSA) is 70.4 Å². The summed E-state index contributed by atoms with van der Waals surface area (Å²) in [6.45, 7) is 5.71. The van der Waals surface area contributed by atoms with Gasteiger partial charge >= 0.3 is 0 Å². The Bertz CT molecular complexity index is 600. The lowest BCUT2D eigenvalue weighted by Crippen LogP contribution is -2.46. The van der Waals surface area contributed by atoms with Crippen molar-refractivity contribution in [2.75, 3.05) is 39.3 Å². The molecule has 0 spiro atoms. The van der Waals surface area contributed by atoms with Crippen LogP contribution in [-0.2, 0) is 11.2 Å². The molecule has 3 heterocycles. The summed E-state index contributed by atoms with van der Waals surface area (Å²) in [6, 6.07) is 3.90. The lowest BCUT2D eigenvalue weighted by atomic mass is 10.3. The predicted octanol–water partition coefficient (Wildman–Crippen LogP) is 1.81. The van der Waals surface area contributed by atoms with E-state index in [1.54, 1.807) is 17.6 Å². The Labute approximate surface area is 157 Å². The number of hydrogen-bond acceptors (Lipinski definition) is 6. The summed E-state index contributed by atoms with van der Waals surface area (Å²) in [5.74, 6) is 0.569. The molecule has 1 amide bonds. The van der Waals surface area contributed by atoms with Gasteiger partial charge in [-0.15, -0.1) is 36.2 Å². The molecule has 1 fully saturated rings. The predicted molar refractivity (Wildman–Crippen MR) is 100 cm³/mol. The van der Waals surface area contributed by atoms with Gasteiger partial charge in [0.1, 0.15) is 6.26 Å². The van der Waals surface area contributed by atoms with Crippen LogP contribution in [0.3, 0.4) is 0 Å². The third-order valence-corrected chi connectivity index (χ3v) is 4.44. The van der Waals surface area contributed by atoms with Crippen molar-refractivity contribution in [3.05, 3.63) is 29.5 Å². The summed E-state index contributed by atoms with van der Waals surface area (Å²) in [4.78, 5) is 19.6. The van der Waals surface area contributed by atoms with Crippen molar-refractivity contribution in [3.8, 4) is 10.8 Å². The monoisotopic (exact) mass is 392 g/mol. The highest BCUT2D eigenvalue weighted by Crippen LogP contribution is 2.23. The molecule has 0 aromatic carbocycles. The smallest absolute Gasteiger partial charge is 0.236 e. The molecule has 0 unspecified atom stereocenters. The molecule has 2 aromatic heterocycles. The van der Waals surface area contributed by atoms with Crippen LogP contribution in [0, 0.1) is 0 Å². The molecule has 0 bridgehead atoms. The summed E-state index contributed by atoms with van der Waals surface area (Å²) >= 11 is 1.57. The first-order valence-corrected chi connectivity index (χ1v) is 8.37. The van der Waals surface area contributed by atoms with E-state index in [9.17, 15) is 4.79 Å². The van der Waals surface area contributed by atoms with Gasteiger partial charge in [-0.25, -0.2) is 4.98 Å². The van der Waals surface area contributed by atoms with E-state index in [2.05, 4.69) is 20.5 Å². The molecule has 1 aliphatic heterocycles. The van der Waals surface area contributed by atoms with Gasteiger partial charge in [0, 0.05) is 39.3 Å². The Morgan fingerprint density at radius 3 is 2.88 bits per heavy atom. The van der Waals surface area contributed by atoms with Crippen LogP contribution in [0.4, 0.5) is 0 Å². The number of carbonyl (C=O) groups excluding carboxylic acids is 1. The van der Waals surface area contributed by atoms with Gasteiger partial charge in [-0.3, -0.25) is 9.69 Å². The second-order valence-corrected chi connectivity index (χ2v) is 6.19. The quantitative estimate of drug-likeness (QED) is 0.784. The van der Waals surface area contributed by atoms with Crippen molar-refractivity contribution in [1.29, 1.82) is 0 Å². The molecule has 134 valence electrons. The first-order chi connectivity index (χ1) is 10.8. The van der Waals surface area contributed by atoms with Crippen LogP contribution in [0.15, 0.2) is 28.2 Å². The molecular weight excluding hydrogens is 371 g/mol. The Morgan fingerprint density at radius 2 is 2.17 bits per heavy atom. The largest absolute Gasteiger partial charge is 0.444 e. The van der Waals surface area contributed by atoms with Crippen LogP contribution in [-0.4, -0.2) is 55.1 Å². The zero-order valence-corrected chi connectivity index (χ0v) is 15.6. The standard InChI is InChI=1S/C15H20N4O2S.2ClH/c20-14(17-5-8-19-6-3-16-4-7-19)10-12-11-21-15(18-12)13-2-1-9-22-13;;/h1-2,9,11,16H,3-8,10H2,(H,17,20);2*1H. The Morgan fingerprint density at radius 1 is 1.38 bits per heavy atom. The van der Waals surface area contributed by atoms with Gasteiger partial charge in [0.25, 0.3) is 0 Å². The fraction of sp³-hybridized carbons (Fsp3) is 0.467. The number of thiophene rings is 1. The number of aromatic nitrogens is 1. The number of hydrogen-bond donors (Lipinski definition) is 2. The minimum Gasteiger partial charge on any atom is -0.444 e. The molecule has 2 aromatic rings. The Hall–Kier alpha value is -1.12. The summed E-state index contributed by atoms with van der Waals surface area (Å²) in [5.41, 5.74) is 0.670. The molecule has 1 saturated heterocycles. The molecule has 0 atom stereocenters. The maximum Gasteiger partial charge on any atom is 0.236 e. The van der Waals surface area contributed by atoms with Gasteiger partial charge in [-0.1, -0.05) is 6.07 Å². The third kappa shape index (κ3) is 6.07. The second-order valence-electron chi connectivity index (χ2n) is 5.24. The molecule has 0 radical (unpaired) electrons. The minimum atomic E-state index is -0.0128. The Balaban J connectivity index is 0.00000144. The summed E-state index contributed by atoms with van der Waals surface area (Å²) < 4.78 is 5.41. The average Bonchev–Trinajstić information content (AvgIpc) is 3.19. The van der Waals surface area contributed by atoms with E-state index in [4.69, 9.17) is 4.42 Å². The molecule has 1 aliphatic rings. The lowest BCUT2D eigenvalue weighted by molar-refractivity contribution is -0.120. The fourth-order valence-electron chi connectivity index (χ4n) is 2.42. The molecule has 0 saturated carbocycles. The maximum atomic E-state index is 11.9. The number of piperazine rings is 1. The van der Waals surface area contributed by atoms with E-state index >= 15 is 0 Å². The molecule has 2 N–H and O–H groups in total. The highest BCUT2D eigenvalue weighted by atomic mass is 35.5. The molecular formula is C15H22Cl2N4O2S. The highest BCUT2D eigenvalue weighted by molar-refractivity contribution is 7.13. The van der Waals surface area contributed by atoms with E-state index in [0.717, 1.165) is 37.6 Å². The van der Waals surface area contributed by atoms with Gasteiger partial charge in [0.2, 0.25) is 11.8 Å². The summed E-state index contributed by atoms with van der Waals surface area (Å²) in [5, 5.41) is 8.23. The van der Waals surface area contributed by atoms with Crippen molar-refractivity contribution in [3.63, 3.8) is 0 Å². The molecule has 0 aliphatic carbocycles. The van der Waals surface area contributed by atoms with Gasteiger partial charge in [-0.05, 0) is 11.4 Å². The molecule has 9 heteroatoms. The fourth-order valence-corrected chi connectivity index (χ4v) is 3.07. The van der Waals surface area contributed by atoms with E-state index in [0.29, 0.717) is 18.1 Å². The number of amides is 1.